The first-order valence-corrected chi connectivity index (χ1v) is 9.11. The number of rotatable bonds is 9. The standard InChI is InChI=1S/C19H27FN6O2/c1-5-14(21)15(6-2)25-19-13(20)9-12(17(22)27)18(26-19)24-11-7-10(3)23-16(8-11)28-4/h7-9,14-15H,5-6,21H2,1-4H3,(H2,22,27)(H2,23,24,25,26)/t14-,15+/m0/s1. The zero-order chi connectivity index (χ0) is 20.8. The molecule has 1 amide bonds. The van der Waals surface area contributed by atoms with Gasteiger partial charge in [-0.15, -0.1) is 0 Å². The van der Waals surface area contributed by atoms with Crippen LogP contribution in [0.5, 0.6) is 5.88 Å². The lowest BCUT2D eigenvalue weighted by molar-refractivity contribution is 0.100. The van der Waals surface area contributed by atoms with E-state index in [1.807, 2.05) is 13.8 Å². The summed E-state index contributed by atoms with van der Waals surface area (Å²) >= 11 is 0. The lowest BCUT2D eigenvalue weighted by Gasteiger charge is -2.24. The van der Waals surface area contributed by atoms with Crippen molar-refractivity contribution in [3.8, 4) is 5.88 Å². The maximum absolute atomic E-state index is 14.5. The molecule has 9 heteroatoms. The first-order chi connectivity index (χ1) is 13.3. The summed E-state index contributed by atoms with van der Waals surface area (Å²) in [5, 5.41) is 6.04. The minimum atomic E-state index is -0.796. The Kier molecular flexibility index (Phi) is 7.11. The molecule has 0 fully saturated rings. The summed E-state index contributed by atoms with van der Waals surface area (Å²) in [5.74, 6) is -0.950. The Balaban J connectivity index is 2.44. The van der Waals surface area contributed by atoms with Crippen LogP contribution in [0.3, 0.4) is 0 Å². The molecule has 6 N–H and O–H groups in total. The molecule has 2 rings (SSSR count). The minimum absolute atomic E-state index is 0.000919. The molecular weight excluding hydrogens is 363 g/mol. The lowest BCUT2D eigenvalue weighted by atomic mass is 10.0. The number of hydrogen-bond donors (Lipinski definition) is 4. The average Bonchev–Trinajstić information content (AvgIpc) is 2.66. The Bertz CT molecular complexity index is 845. The number of amides is 1. The highest BCUT2D eigenvalue weighted by atomic mass is 19.1. The van der Waals surface area contributed by atoms with Crippen molar-refractivity contribution < 1.29 is 13.9 Å². The Hall–Kier alpha value is -2.94. The second kappa shape index (κ2) is 9.32. The van der Waals surface area contributed by atoms with Crippen LogP contribution < -0.4 is 26.8 Å². The van der Waals surface area contributed by atoms with E-state index < -0.39 is 11.7 Å². The number of anilines is 3. The van der Waals surface area contributed by atoms with Gasteiger partial charge in [0.1, 0.15) is 5.82 Å². The molecule has 0 unspecified atom stereocenters. The average molecular weight is 390 g/mol. The van der Waals surface area contributed by atoms with Crippen molar-refractivity contribution in [2.75, 3.05) is 17.7 Å². The number of aryl methyl sites for hydroxylation is 1. The minimum Gasteiger partial charge on any atom is -0.481 e. The second-order valence-electron chi connectivity index (χ2n) is 6.47. The van der Waals surface area contributed by atoms with E-state index in [1.165, 1.54) is 7.11 Å². The SMILES string of the molecule is CC[C@H](N)[C@@H](CC)Nc1nc(Nc2cc(C)nc(OC)c2)c(C(N)=O)cc1F. The van der Waals surface area contributed by atoms with Crippen molar-refractivity contribution >= 4 is 23.2 Å². The van der Waals surface area contributed by atoms with E-state index in [1.54, 1.807) is 19.1 Å². The number of nitrogens with one attached hydrogen (secondary N) is 2. The zero-order valence-electron chi connectivity index (χ0n) is 16.5. The van der Waals surface area contributed by atoms with Gasteiger partial charge in [0.05, 0.1) is 12.7 Å². The van der Waals surface area contributed by atoms with Gasteiger partial charge in [-0.05, 0) is 31.9 Å². The number of ether oxygens (including phenoxy) is 1. The molecule has 2 aromatic heterocycles. The number of aromatic nitrogens is 2. The monoisotopic (exact) mass is 390 g/mol. The number of methoxy groups -OCH3 is 1. The van der Waals surface area contributed by atoms with Gasteiger partial charge in [-0.3, -0.25) is 4.79 Å². The fraction of sp³-hybridized carbons (Fsp3) is 0.421. The maximum atomic E-state index is 14.5. The summed E-state index contributed by atoms with van der Waals surface area (Å²) in [5.41, 5.74) is 12.7. The molecule has 0 aliphatic heterocycles. The van der Waals surface area contributed by atoms with Gasteiger partial charge in [-0.2, -0.15) is 0 Å². The third-order valence-electron chi connectivity index (χ3n) is 4.39. The molecule has 2 atom stereocenters. The first kappa shape index (κ1) is 21.4. The third kappa shape index (κ3) is 5.07. The maximum Gasteiger partial charge on any atom is 0.252 e. The van der Waals surface area contributed by atoms with Gasteiger partial charge in [0.15, 0.2) is 11.6 Å². The highest BCUT2D eigenvalue weighted by Gasteiger charge is 2.20. The molecule has 2 heterocycles. The molecule has 0 aliphatic rings. The highest BCUT2D eigenvalue weighted by Crippen LogP contribution is 2.26. The molecule has 152 valence electrons. The fourth-order valence-electron chi connectivity index (χ4n) is 2.80. The zero-order valence-corrected chi connectivity index (χ0v) is 16.5. The van der Waals surface area contributed by atoms with Crippen molar-refractivity contribution in [3.05, 3.63) is 35.3 Å². The van der Waals surface area contributed by atoms with Crippen LogP contribution in [0, 0.1) is 12.7 Å². The van der Waals surface area contributed by atoms with Gasteiger partial charge in [0.2, 0.25) is 5.88 Å². The predicted octanol–water partition coefficient (Wildman–Crippen LogP) is 2.70. The van der Waals surface area contributed by atoms with Crippen molar-refractivity contribution in [2.24, 2.45) is 11.5 Å². The Morgan fingerprint density at radius 3 is 2.50 bits per heavy atom. The number of primary amides is 1. The van der Waals surface area contributed by atoms with Gasteiger partial charge in [0, 0.05) is 29.5 Å². The van der Waals surface area contributed by atoms with Gasteiger partial charge >= 0.3 is 0 Å². The van der Waals surface area contributed by atoms with Crippen LogP contribution in [-0.2, 0) is 0 Å². The molecule has 28 heavy (non-hydrogen) atoms. The predicted molar refractivity (Wildman–Crippen MR) is 107 cm³/mol. The smallest absolute Gasteiger partial charge is 0.252 e. The van der Waals surface area contributed by atoms with Crippen molar-refractivity contribution in [3.63, 3.8) is 0 Å². The number of hydrogen-bond acceptors (Lipinski definition) is 7. The number of nitrogens with zero attached hydrogens (tertiary/aromatic N) is 2. The summed E-state index contributed by atoms with van der Waals surface area (Å²) in [6.45, 7) is 5.71. The summed E-state index contributed by atoms with van der Waals surface area (Å²) in [6.07, 6.45) is 1.42. The molecule has 0 aromatic carbocycles. The molecule has 8 nitrogen and oxygen atoms in total. The largest absolute Gasteiger partial charge is 0.481 e. The van der Waals surface area contributed by atoms with Crippen LogP contribution in [0.4, 0.5) is 21.7 Å². The molecule has 0 bridgehead atoms. The fourth-order valence-corrected chi connectivity index (χ4v) is 2.80. The van der Waals surface area contributed by atoms with E-state index in [-0.39, 0.29) is 29.3 Å². The van der Waals surface area contributed by atoms with E-state index in [9.17, 15) is 9.18 Å². The third-order valence-corrected chi connectivity index (χ3v) is 4.39. The first-order valence-electron chi connectivity index (χ1n) is 9.11. The number of pyridine rings is 2. The molecule has 0 spiro atoms. The van der Waals surface area contributed by atoms with Crippen LogP contribution in [0.1, 0.15) is 42.7 Å². The van der Waals surface area contributed by atoms with E-state index >= 15 is 0 Å². The van der Waals surface area contributed by atoms with E-state index in [0.29, 0.717) is 23.7 Å². The van der Waals surface area contributed by atoms with Crippen LogP contribution in [0.25, 0.3) is 0 Å². The summed E-state index contributed by atoms with van der Waals surface area (Å²) in [6, 6.07) is 4.12. The van der Waals surface area contributed by atoms with Crippen LogP contribution in [0.2, 0.25) is 0 Å². The molecule has 0 saturated heterocycles. The molecule has 0 radical (unpaired) electrons. The Labute approximate surface area is 163 Å². The lowest BCUT2D eigenvalue weighted by Crippen LogP contribution is -2.39. The highest BCUT2D eigenvalue weighted by molar-refractivity contribution is 5.98. The van der Waals surface area contributed by atoms with Crippen LogP contribution in [0.15, 0.2) is 18.2 Å². The van der Waals surface area contributed by atoms with Crippen LogP contribution >= 0.6 is 0 Å². The number of carbonyl (C=O) groups excluding carboxylic acids is 1. The topological polar surface area (TPSA) is 128 Å². The Morgan fingerprint density at radius 1 is 1.21 bits per heavy atom. The van der Waals surface area contributed by atoms with Gasteiger partial charge in [-0.25, -0.2) is 14.4 Å². The Morgan fingerprint density at radius 2 is 1.93 bits per heavy atom. The molecule has 0 aliphatic carbocycles. The van der Waals surface area contributed by atoms with Crippen LogP contribution in [-0.4, -0.2) is 35.1 Å². The van der Waals surface area contributed by atoms with Gasteiger partial charge in [-0.1, -0.05) is 13.8 Å². The van der Waals surface area contributed by atoms with Gasteiger partial charge in [0.25, 0.3) is 5.91 Å². The summed E-state index contributed by atoms with van der Waals surface area (Å²) in [7, 11) is 1.50. The normalized spacial score (nSPS) is 12.9. The van der Waals surface area contributed by atoms with E-state index in [2.05, 4.69) is 20.6 Å². The van der Waals surface area contributed by atoms with Crippen molar-refractivity contribution in [1.29, 1.82) is 0 Å². The second-order valence-corrected chi connectivity index (χ2v) is 6.47. The number of halogens is 1. The molecule has 2 aromatic rings. The van der Waals surface area contributed by atoms with Crippen molar-refractivity contribution in [1.82, 2.24) is 9.97 Å². The molecular formula is C19H27FN6O2. The van der Waals surface area contributed by atoms with E-state index in [0.717, 1.165) is 12.5 Å². The summed E-state index contributed by atoms with van der Waals surface area (Å²) < 4.78 is 19.7. The molecule has 0 saturated carbocycles. The number of carbonyl (C=O) groups is 1. The number of nitrogens with two attached hydrogens (primary N) is 2. The van der Waals surface area contributed by atoms with Gasteiger partial charge < -0.3 is 26.8 Å². The van der Waals surface area contributed by atoms with E-state index in [4.69, 9.17) is 16.2 Å². The van der Waals surface area contributed by atoms with Crippen molar-refractivity contribution in [2.45, 2.75) is 45.7 Å². The summed E-state index contributed by atoms with van der Waals surface area (Å²) in [4.78, 5) is 20.3. The quantitative estimate of drug-likeness (QED) is 0.518.